The number of alkyl halides is 3. The Morgan fingerprint density at radius 1 is 1.21 bits per heavy atom. The van der Waals surface area contributed by atoms with Crippen LogP contribution in [0.2, 0.25) is 0 Å². The molecule has 1 atom stereocenters. The molecule has 0 bridgehead atoms. The van der Waals surface area contributed by atoms with Crippen molar-refractivity contribution in [3.05, 3.63) is 41.6 Å². The lowest BCUT2D eigenvalue weighted by Crippen LogP contribution is -2.41. The first-order chi connectivity index (χ1) is 13.0. The molecule has 3 rings (SSSR count). The van der Waals surface area contributed by atoms with Crippen LogP contribution in [0.15, 0.2) is 30.3 Å². The Balaban J connectivity index is 1.78. The topological polar surface area (TPSA) is 62.3 Å². The van der Waals surface area contributed by atoms with Gasteiger partial charge in [-0.1, -0.05) is 20.8 Å². The first-order valence-electron chi connectivity index (χ1n) is 8.74. The lowest BCUT2D eigenvalue weighted by Gasteiger charge is -2.24. The van der Waals surface area contributed by atoms with Crippen LogP contribution in [0.25, 0.3) is 0 Å². The van der Waals surface area contributed by atoms with Crippen LogP contribution in [0.5, 0.6) is 0 Å². The highest BCUT2D eigenvalue weighted by Crippen LogP contribution is 2.33. The average Bonchev–Trinajstić information content (AvgIpc) is 3.20. The molecule has 2 heterocycles. The molecule has 0 aliphatic carbocycles. The van der Waals surface area contributed by atoms with Crippen LogP contribution in [0.4, 0.5) is 23.9 Å². The van der Waals surface area contributed by atoms with Gasteiger partial charge in [0.15, 0.2) is 0 Å². The summed E-state index contributed by atoms with van der Waals surface area (Å²) in [5, 5.41) is 3.35. The number of rotatable bonds is 3. The fourth-order valence-corrected chi connectivity index (χ4v) is 3.79. The van der Waals surface area contributed by atoms with Crippen LogP contribution in [0.3, 0.4) is 0 Å². The van der Waals surface area contributed by atoms with Crippen LogP contribution < -0.4 is 10.2 Å². The highest BCUT2D eigenvalue weighted by atomic mass is 32.1. The van der Waals surface area contributed by atoms with Crippen molar-refractivity contribution in [1.29, 1.82) is 0 Å². The summed E-state index contributed by atoms with van der Waals surface area (Å²) in [6.45, 7) is 6.03. The first kappa shape index (κ1) is 20.3. The number of nitrogens with one attached hydrogen (secondary N) is 1. The van der Waals surface area contributed by atoms with E-state index in [-0.39, 0.29) is 29.3 Å². The Kier molecular flexibility index (Phi) is 5.22. The van der Waals surface area contributed by atoms with E-state index in [4.69, 9.17) is 0 Å². The summed E-state index contributed by atoms with van der Waals surface area (Å²) < 4.78 is 42.6. The molecule has 1 aromatic carbocycles. The summed E-state index contributed by atoms with van der Waals surface area (Å²) in [6.07, 6.45) is -3.99. The molecule has 1 fully saturated rings. The van der Waals surface area contributed by atoms with E-state index in [1.165, 1.54) is 17.0 Å². The molecule has 1 aliphatic rings. The minimum atomic E-state index is -4.46. The molecule has 1 aliphatic heterocycles. The van der Waals surface area contributed by atoms with Crippen molar-refractivity contribution in [3.8, 4) is 0 Å². The molecule has 2 amide bonds. The number of carbonyl (C=O) groups excluding carboxylic acids is 2. The predicted molar refractivity (Wildman–Crippen MR) is 101 cm³/mol. The van der Waals surface area contributed by atoms with Crippen molar-refractivity contribution in [3.63, 3.8) is 0 Å². The quantitative estimate of drug-likeness (QED) is 0.803. The van der Waals surface area contributed by atoms with E-state index in [0.717, 1.165) is 29.4 Å². The van der Waals surface area contributed by atoms with Crippen LogP contribution in [-0.4, -0.2) is 22.2 Å². The summed E-state index contributed by atoms with van der Waals surface area (Å²) in [4.78, 5) is 26.3. The second kappa shape index (κ2) is 7.20. The number of anilines is 2. The number of carbonyl (C=O) groups is 2. The van der Waals surface area contributed by atoms with Crippen molar-refractivity contribution in [1.82, 2.24) is 4.37 Å². The number of amides is 2. The molecule has 150 valence electrons. The van der Waals surface area contributed by atoms with Crippen LogP contribution in [0.1, 0.15) is 44.9 Å². The van der Waals surface area contributed by atoms with E-state index in [1.807, 2.05) is 20.8 Å². The van der Waals surface area contributed by atoms with Gasteiger partial charge in [0.05, 0.1) is 11.3 Å². The summed E-state index contributed by atoms with van der Waals surface area (Å²) in [6, 6.07) is 5.28. The van der Waals surface area contributed by atoms with E-state index in [9.17, 15) is 22.8 Å². The minimum absolute atomic E-state index is 0.158. The van der Waals surface area contributed by atoms with E-state index in [0.29, 0.717) is 11.4 Å². The zero-order chi connectivity index (χ0) is 20.7. The lowest BCUT2D eigenvalue weighted by atomic mass is 9.92. The Labute approximate surface area is 164 Å². The molecular formula is C19H20F3N3O2S. The van der Waals surface area contributed by atoms with Gasteiger partial charge in [0.1, 0.15) is 11.0 Å². The van der Waals surface area contributed by atoms with E-state index < -0.39 is 17.8 Å². The van der Waals surface area contributed by atoms with E-state index in [2.05, 4.69) is 9.69 Å². The number of halogens is 3. The Bertz CT molecular complexity index is 885. The maximum atomic E-state index is 12.8. The normalized spacial score (nSPS) is 17.9. The molecule has 0 radical (unpaired) electrons. The van der Waals surface area contributed by atoms with E-state index in [1.54, 1.807) is 6.07 Å². The summed E-state index contributed by atoms with van der Waals surface area (Å²) in [7, 11) is 0. The molecule has 1 saturated heterocycles. The fraction of sp³-hybridized carbons (Fsp3) is 0.421. The number of nitrogens with zero attached hydrogens (tertiary/aromatic N) is 2. The van der Waals surface area contributed by atoms with E-state index >= 15 is 0 Å². The molecule has 5 nitrogen and oxygen atoms in total. The smallest absolute Gasteiger partial charge is 0.315 e. The third-order valence-electron chi connectivity index (χ3n) is 4.51. The van der Waals surface area contributed by atoms with Gasteiger partial charge in [0.2, 0.25) is 11.8 Å². The van der Waals surface area contributed by atoms with Gasteiger partial charge >= 0.3 is 6.18 Å². The van der Waals surface area contributed by atoms with Gasteiger partial charge in [0, 0.05) is 17.5 Å². The van der Waals surface area contributed by atoms with Crippen molar-refractivity contribution in [2.75, 3.05) is 10.2 Å². The average molecular weight is 411 g/mol. The maximum absolute atomic E-state index is 12.8. The van der Waals surface area contributed by atoms with Gasteiger partial charge in [-0.05, 0) is 48.3 Å². The van der Waals surface area contributed by atoms with Crippen molar-refractivity contribution >= 4 is 34.0 Å². The molecule has 0 unspecified atom stereocenters. The van der Waals surface area contributed by atoms with Crippen molar-refractivity contribution in [2.24, 2.45) is 0 Å². The Morgan fingerprint density at radius 2 is 1.86 bits per heavy atom. The minimum Gasteiger partial charge on any atom is -0.315 e. The number of aromatic nitrogens is 1. The second-order valence-electron chi connectivity index (χ2n) is 7.68. The highest BCUT2D eigenvalue weighted by Gasteiger charge is 2.38. The van der Waals surface area contributed by atoms with Gasteiger partial charge < -0.3 is 5.32 Å². The van der Waals surface area contributed by atoms with Crippen LogP contribution in [0, 0.1) is 0 Å². The Hall–Kier alpha value is -2.42. The maximum Gasteiger partial charge on any atom is 0.416 e. The molecule has 0 spiro atoms. The SMILES string of the molecule is CC(C)(C)c1cc(NC(=O)[C@@H]2CCC(=O)N2c2ccc(C(F)(F)F)cc2)sn1. The highest BCUT2D eigenvalue weighted by molar-refractivity contribution is 7.10. The van der Waals surface area contributed by atoms with Gasteiger partial charge in [-0.3, -0.25) is 14.5 Å². The summed E-state index contributed by atoms with van der Waals surface area (Å²) >= 11 is 1.16. The van der Waals surface area contributed by atoms with Crippen LogP contribution in [-0.2, 0) is 21.2 Å². The monoisotopic (exact) mass is 411 g/mol. The lowest BCUT2D eigenvalue weighted by molar-refractivity contribution is -0.137. The third-order valence-corrected chi connectivity index (χ3v) is 5.22. The van der Waals surface area contributed by atoms with Crippen molar-refractivity contribution in [2.45, 2.75) is 51.2 Å². The molecule has 28 heavy (non-hydrogen) atoms. The third kappa shape index (κ3) is 4.19. The second-order valence-corrected chi connectivity index (χ2v) is 8.48. The summed E-state index contributed by atoms with van der Waals surface area (Å²) in [5.74, 6) is -0.672. The predicted octanol–water partition coefficient (Wildman–Crippen LogP) is 4.59. The molecule has 1 aromatic heterocycles. The summed E-state index contributed by atoms with van der Waals surface area (Å²) in [5.41, 5.74) is 0.156. The largest absolute Gasteiger partial charge is 0.416 e. The molecule has 0 saturated carbocycles. The van der Waals surface area contributed by atoms with Crippen molar-refractivity contribution < 1.29 is 22.8 Å². The van der Waals surface area contributed by atoms with Gasteiger partial charge in [0.25, 0.3) is 0 Å². The Morgan fingerprint density at radius 3 is 2.39 bits per heavy atom. The number of hydrogen-bond acceptors (Lipinski definition) is 4. The number of benzene rings is 1. The zero-order valence-corrected chi connectivity index (χ0v) is 16.4. The van der Waals surface area contributed by atoms with Crippen LogP contribution >= 0.6 is 11.5 Å². The fourth-order valence-electron chi connectivity index (χ4n) is 2.96. The molecule has 1 N–H and O–H groups in total. The van der Waals surface area contributed by atoms with Gasteiger partial charge in [-0.15, -0.1) is 0 Å². The van der Waals surface area contributed by atoms with Gasteiger partial charge in [-0.2, -0.15) is 17.5 Å². The zero-order valence-electron chi connectivity index (χ0n) is 15.6. The first-order valence-corrected chi connectivity index (χ1v) is 9.51. The van der Waals surface area contributed by atoms with Gasteiger partial charge in [-0.25, -0.2) is 0 Å². The number of hydrogen-bond donors (Lipinski definition) is 1. The standard InChI is InChI=1S/C19H20F3N3O2S/c1-18(2,3)14-10-15(28-24-14)23-17(27)13-8-9-16(26)25(13)12-6-4-11(5-7-12)19(20,21)22/h4-7,10,13H,8-9H2,1-3H3,(H,23,27)/t13-/m0/s1. The molecular weight excluding hydrogens is 391 g/mol. The molecule has 9 heteroatoms. The molecule has 2 aromatic rings.